The van der Waals surface area contributed by atoms with Crippen LogP contribution in [0.3, 0.4) is 0 Å². The first kappa shape index (κ1) is 26.9. The van der Waals surface area contributed by atoms with Gasteiger partial charge in [-0.2, -0.15) is 9.13 Å². The lowest BCUT2D eigenvalue weighted by atomic mass is 10.1. The molecule has 0 spiro atoms. The Labute approximate surface area is 267 Å². The summed E-state index contributed by atoms with van der Waals surface area (Å²) in [5.41, 5.74) is 10.4. The van der Waals surface area contributed by atoms with Crippen molar-refractivity contribution in [3.63, 3.8) is 0 Å². The van der Waals surface area contributed by atoms with Crippen LogP contribution in [0.5, 0.6) is 0 Å². The summed E-state index contributed by atoms with van der Waals surface area (Å²) in [6.07, 6.45) is 3.43. The molecular weight excluding hydrogens is 660 g/mol. The van der Waals surface area contributed by atoms with Crippen molar-refractivity contribution >= 4 is 97.5 Å². The van der Waals surface area contributed by atoms with Crippen molar-refractivity contribution in [1.29, 1.82) is 0 Å². The maximum Gasteiger partial charge on any atom is 0.238 e. The third-order valence-electron chi connectivity index (χ3n) is 9.19. The highest BCUT2D eigenvalue weighted by Gasteiger charge is 2.22. The molecule has 212 valence electrons. The van der Waals surface area contributed by atoms with Crippen LogP contribution in [0.2, 0.25) is 0 Å². The topological polar surface area (TPSA) is 17.6 Å². The van der Waals surface area contributed by atoms with Gasteiger partial charge in [0.15, 0.2) is 0 Å². The Morgan fingerprint density at radius 1 is 0.512 bits per heavy atom. The first-order valence-electron chi connectivity index (χ1n) is 15.0. The summed E-state index contributed by atoms with van der Waals surface area (Å²) in [7, 11) is 4.39. The second-order valence-electron chi connectivity index (χ2n) is 11.7. The molecule has 0 atom stereocenters. The SMILES string of the molecule is C[n+]1c2ccc(Br)cc2cc2c1c1ccccc1n2CCCCCn1c2ccccc2c2c1cc1cc(Br)ccc1[n+]2C. The van der Waals surface area contributed by atoms with E-state index in [2.05, 4.69) is 161 Å². The molecule has 4 heterocycles. The molecule has 8 rings (SSSR count). The summed E-state index contributed by atoms with van der Waals surface area (Å²) < 4.78 is 12.0. The molecule has 0 aliphatic rings. The molecule has 4 aromatic carbocycles. The zero-order valence-electron chi connectivity index (χ0n) is 24.3. The largest absolute Gasteiger partial charge is 0.335 e. The van der Waals surface area contributed by atoms with Crippen molar-refractivity contribution < 1.29 is 9.13 Å². The second kappa shape index (κ2) is 10.5. The fraction of sp³-hybridized carbons (Fsp3) is 0.189. The van der Waals surface area contributed by atoms with Crippen molar-refractivity contribution in [1.82, 2.24) is 9.13 Å². The zero-order valence-corrected chi connectivity index (χ0v) is 27.5. The fourth-order valence-corrected chi connectivity index (χ4v) is 7.99. The zero-order chi connectivity index (χ0) is 29.2. The molecule has 0 aliphatic heterocycles. The van der Waals surface area contributed by atoms with Gasteiger partial charge in [0.1, 0.15) is 25.1 Å². The predicted molar refractivity (Wildman–Crippen MR) is 186 cm³/mol. The van der Waals surface area contributed by atoms with Gasteiger partial charge in [-0.25, -0.2) is 0 Å². The van der Waals surface area contributed by atoms with Gasteiger partial charge in [-0.05, 0) is 79.9 Å². The molecule has 0 amide bonds. The monoisotopic (exact) mass is 690 g/mol. The molecule has 0 fully saturated rings. The van der Waals surface area contributed by atoms with Crippen LogP contribution in [-0.4, -0.2) is 9.13 Å². The number of para-hydroxylation sites is 2. The molecular formula is C37H32Br2N4+2. The van der Waals surface area contributed by atoms with E-state index in [1.165, 1.54) is 72.1 Å². The molecule has 4 nitrogen and oxygen atoms in total. The number of nitrogens with zero attached hydrogens (tertiary/aromatic N) is 4. The lowest BCUT2D eigenvalue weighted by Gasteiger charge is -2.09. The highest BCUT2D eigenvalue weighted by Crippen LogP contribution is 2.32. The summed E-state index contributed by atoms with van der Waals surface area (Å²) in [6.45, 7) is 2.01. The number of rotatable bonds is 6. The van der Waals surface area contributed by atoms with Gasteiger partial charge in [0.2, 0.25) is 22.1 Å². The van der Waals surface area contributed by atoms with E-state index < -0.39 is 0 Å². The van der Waals surface area contributed by atoms with Crippen LogP contribution in [0.4, 0.5) is 0 Å². The first-order chi connectivity index (χ1) is 21.0. The number of halogens is 2. The van der Waals surface area contributed by atoms with Gasteiger partial charge in [-0.3, -0.25) is 0 Å². The molecule has 0 saturated carbocycles. The van der Waals surface area contributed by atoms with Gasteiger partial charge >= 0.3 is 0 Å². The molecule has 0 saturated heterocycles. The van der Waals surface area contributed by atoms with Crippen molar-refractivity contribution in [3.05, 3.63) is 106 Å². The van der Waals surface area contributed by atoms with Gasteiger partial charge in [-0.15, -0.1) is 0 Å². The van der Waals surface area contributed by atoms with E-state index >= 15 is 0 Å². The van der Waals surface area contributed by atoms with E-state index in [0.717, 1.165) is 34.9 Å². The number of aryl methyl sites for hydroxylation is 4. The number of fused-ring (bicyclic) bond motifs is 8. The van der Waals surface area contributed by atoms with Crippen molar-refractivity contribution in [3.8, 4) is 0 Å². The smallest absolute Gasteiger partial charge is 0.238 e. The van der Waals surface area contributed by atoms with E-state index in [1.54, 1.807) is 0 Å². The Morgan fingerprint density at radius 3 is 1.42 bits per heavy atom. The lowest BCUT2D eigenvalue weighted by Crippen LogP contribution is -2.29. The van der Waals surface area contributed by atoms with Gasteiger partial charge in [0.25, 0.3) is 0 Å². The molecule has 43 heavy (non-hydrogen) atoms. The summed E-state index contributed by atoms with van der Waals surface area (Å²) in [6, 6.07) is 35.6. The van der Waals surface area contributed by atoms with Gasteiger partial charge in [0.05, 0.1) is 21.8 Å². The number of unbranched alkanes of at least 4 members (excludes halogenated alkanes) is 2. The Balaban J connectivity index is 1.11. The number of pyridine rings is 2. The minimum absolute atomic E-state index is 1.00. The van der Waals surface area contributed by atoms with Crippen LogP contribution in [0, 0.1) is 0 Å². The minimum Gasteiger partial charge on any atom is -0.335 e. The quantitative estimate of drug-likeness (QED) is 0.122. The number of benzene rings is 4. The van der Waals surface area contributed by atoms with Crippen LogP contribution < -0.4 is 9.13 Å². The maximum atomic E-state index is 3.68. The molecule has 0 aliphatic carbocycles. The molecule has 8 aromatic rings. The molecule has 0 N–H and O–H groups in total. The maximum absolute atomic E-state index is 3.68. The van der Waals surface area contributed by atoms with E-state index in [0.29, 0.717) is 0 Å². The summed E-state index contributed by atoms with van der Waals surface area (Å²) in [5, 5.41) is 5.16. The normalized spacial score (nSPS) is 12.2. The summed E-state index contributed by atoms with van der Waals surface area (Å²) >= 11 is 7.35. The van der Waals surface area contributed by atoms with Crippen LogP contribution >= 0.6 is 31.9 Å². The standard InChI is InChI=1S/C37H32Br2N4/c1-40-30-16-14-26(38)20-24(30)22-34-36(40)28-10-4-6-12-32(28)42(34)18-8-3-9-19-43-33-13-7-5-11-29(33)37-35(43)23-25-21-27(39)15-17-31(25)41(37)2/h4-7,10-17,20-23H,3,8-9,18-19H2,1-2H3/q+2. The highest BCUT2D eigenvalue weighted by atomic mass is 79.9. The third kappa shape index (κ3) is 4.29. The van der Waals surface area contributed by atoms with Gasteiger partial charge < -0.3 is 9.13 Å². The van der Waals surface area contributed by atoms with Crippen molar-refractivity contribution in [2.24, 2.45) is 14.1 Å². The Bertz CT molecular complexity index is 2210. The van der Waals surface area contributed by atoms with Crippen LogP contribution in [0.15, 0.2) is 106 Å². The van der Waals surface area contributed by atoms with Crippen molar-refractivity contribution in [2.45, 2.75) is 32.4 Å². The van der Waals surface area contributed by atoms with Gasteiger partial charge in [0, 0.05) is 44.9 Å². The Morgan fingerprint density at radius 2 is 0.953 bits per heavy atom. The number of hydrogen-bond donors (Lipinski definition) is 0. The Hall–Kier alpha value is -3.74. The van der Waals surface area contributed by atoms with Gasteiger partial charge in [-0.1, -0.05) is 56.1 Å². The highest BCUT2D eigenvalue weighted by molar-refractivity contribution is 9.10. The predicted octanol–water partition coefficient (Wildman–Crippen LogP) is 9.25. The van der Waals surface area contributed by atoms with Crippen LogP contribution in [-0.2, 0) is 27.2 Å². The Kier molecular flexibility index (Phi) is 6.53. The summed E-state index contributed by atoms with van der Waals surface area (Å²) in [4.78, 5) is 0. The first-order valence-corrected chi connectivity index (χ1v) is 16.6. The molecule has 6 heteroatoms. The van der Waals surface area contributed by atoms with E-state index in [1.807, 2.05) is 0 Å². The molecule has 0 bridgehead atoms. The van der Waals surface area contributed by atoms with Crippen molar-refractivity contribution in [2.75, 3.05) is 0 Å². The van der Waals surface area contributed by atoms with Crippen LogP contribution in [0.25, 0.3) is 65.7 Å². The minimum atomic E-state index is 1.00. The lowest BCUT2D eigenvalue weighted by molar-refractivity contribution is -0.617. The molecule has 4 aromatic heterocycles. The third-order valence-corrected chi connectivity index (χ3v) is 10.2. The summed E-state index contributed by atoms with van der Waals surface area (Å²) in [5.74, 6) is 0. The number of aromatic nitrogens is 4. The number of hydrogen-bond acceptors (Lipinski definition) is 0. The van der Waals surface area contributed by atoms with E-state index in [4.69, 9.17) is 0 Å². The van der Waals surface area contributed by atoms with Crippen LogP contribution in [0.1, 0.15) is 19.3 Å². The second-order valence-corrected chi connectivity index (χ2v) is 13.5. The van der Waals surface area contributed by atoms with E-state index in [9.17, 15) is 0 Å². The average molecular weight is 692 g/mol. The van der Waals surface area contributed by atoms with E-state index in [-0.39, 0.29) is 0 Å². The molecule has 0 unspecified atom stereocenters. The molecule has 0 radical (unpaired) electrons. The average Bonchev–Trinajstić information content (AvgIpc) is 3.49. The fourth-order valence-electron chi connectivity index (χ4n) is 7.23.